The van der Waals surface area contributed by atoms with Crippen LogP contribution < -0.4 is 15.8 Å². The second kappa shape index (κ2) is 8.86. The maximum absolute atomic E-state index is 12.5. The summed E-state index contributed by atoms with van der Waals surface area (Å²) < 4.78 is 0. The van der Waals surface area contributed by atoms with Crippen molar-refractivity contribution < 1.29 is 4.79 Å². The highest BCUT2D eigenvalue weighted by Gasteiger charge is 2.14. The second-order valence-corrected chi connectivity index (χ2v) is 7.36. The van der Waals surface area contributed by atoms with Crippen molar-refractivity contribution in [3.8, 4) is 11.4 Å². The Morgan fingerprint density at radius 3 is 2.60 bits per heavy atom. The molecule has 1 amide bonds. The zero-order valence-corrected chi connectivity index (χ0v) is 16.9. The van der Waals surface area contributed by atoms with E-state index in [0.29, 0.717) is 29.2 Å². The smallest absolute Gasteiger partial charge is 0.254 e. The number of pyridine rings is 2. The number of rotatable bonds is 6. The standard InChI is InChI=1S/C22H24N6O2/c1-15-18(22(30)27-21(25-15)16-8-10-23-11-9-16)5-7-20(29)26-17-4-6-19(24-14-17)28-12-2-3-13-28/h4,6,8-11,14H,2-3,5,7,12-13H2,1H3,(H,26,29)(H,25,27,30). The van der Waals surface area contributed by atoms with E-state index in [1.165, 1.54) is 12.8 Å². The van der Waals surface area contributed by atoms with Gasteiger partial charge in [0.1, 0.15) is 11.6 Å². The van der Waals surface area contributed by atoms with Crippen molar-refractivity contribution in [2.45, 2.75) is 32.6 Å². The molecule has 0 saturated carbocycles. The van der Waals surface area contributed by atoms with Crippen molar-refractivity contribution in [1.29, 1.82) is 0 Å². The normalized spacial score (nSPS) is 13.4. The van der Waals surface area contributed by atoms with E-state index in [4.69, 9.17) is 0 Å². The summed E-state index contributed by atoms with van der Waals surface area (Å²) in [6, 6.07) is 7.36. The first-order valence-electron chi connectivity index (χ1n) is 10.1. The molecule has 0 aromatic carbocycles. The minimum atomic E-state index is -0.223. The molecule has 4 heterocycles. The van der Waals surface area contributed by atoms with Crippen LogP contribution in [0.25, 0.3) is 11.4 Å². The molecule has 30 heavy (non-hydrogen) atoms. The van der Waals surface area contributed by atoms with Gasteiger partial charge in [0.25, 0.3) is 5.56 Å². The fourth-order valence-corrected chi connectivity index (χ4v) is 3.61. The molecule has 3 aromatic rings. The minimum absolute atomic E-state index is 0.164. The van der Waals surface area contributed by atoms with E-state index in [9.17, 15) is 9.59 Å². The van der Waals surface area contributed by atoms with Crippen molar-refractivity contribution in [3.63, 3.8) is 0 Å². The van der Waals surface area contributed by atoms with Gasteiger partial charge in [-0.2, -0.15) is 0 Å². The number of carbonyl (C=O) groups excluding carboxylic acids is 1. The predicted molar refractivity (Wildman–Crippen MR) is 115 cm³/mol. The average molecular weight is 404 g/mol. The fraction of sp³-hybridized carbons (Fsp3) is 0.318. The molecule has 1 aliphatic rings. The van der Waals surface area contributed by atoms with E-state index in [0.717, 1.165) is 24.5 Å². The topological polar surface area (TPSA) is 104 Å². The van der Waals surface area contributed by atoms with E-state index >= 15 is 0 Å². The Hall–Kier alpha value is -3.55. The average Bonchev–Trinajstić information content (AvgIpc) is 3.29. The number of nitrogens with one attached hydrogen (secondary N) is 2. The summed E-state index contributed by atoms with van der Waals surface area (Å²) >= 11 is 0. The van der Waals surface area contributed by atoms with Gasteiger partial charge < -0.3 is 15.2 Å². The first-order valence-corrected chi connectivity index (χ1v) is 10.1. The first kappa shape index (κ1) is 19.8. The lowest BCUT2D eigenvalue weighted by atomic mass is 10.1. The number of hydrogen-bond donors (Lipinski definition) is 2. The van der Waals surface area contributed by atoms with Gasteiger partial charge in [-0.1, -0.05) is 0 Å². The molecular formula is C22H24N6O2. The molecule has 0 bridgehead atoms. The highest BCUT2D eigenvalue weighted by molar-refractivity contribution is 5.90. The molecule has 8 heteroatoms. The first-order chi connectivity index (χ1) is 14.6. The van der Waals surface area contributed by atoms with Crippen LogP contribution in [0.15, 0.2) is 47.7 Å². The van der Waals surface area contributed by atoms with Gasteiger partial charge in [-0.05, 0) is 50.5 Å². The van der Waals surface area contributed by atoms with Crippen LogP contribution in [-0.4, -0.2) is 38.9 Å². The third-order valence-electron chi connectivity index (χ3n) is 5.24. The predicted octanol–water partition coefficient (Wildman–Crippen LogP) is 2.71. The SMILES string of the molecule is Cc1nc(-c2ccncc2)[nH]c(=O)c1CCC(=O)Nc1ccc(N2CCCC2)nc1. The van der Waals surface area contributed by atoms with Crippen molar-refractivity contribution in [2.24, 2.45) is 0 Å². The number of aromatic nitrogens is 4. The number of aromatic amines is 1. The van der Waals surface area contributed by atoms with Gasteiger partial charge in [0.15, 0.2) is 0 Å². The summed E-state index contributed by atoms with van der Waals surface area (Å²) in [4.78, 5) is 42.8. The van der Waals surface area contributed by atoms with Gasteiger partial charge in [-0.25, -0.2) is 9.97 Å². The monoisotopic (exact) mass is 404 g/mol. The van der Waals surface area contributed by atoms with Gasteiger partial charge >= 0.3 is 0 Å². The summed E-state index contributed by atoms with van der Waals surface area (Å²) in [7, 11) is 0. The van der Waals surface area contributed by atoms with Gasteiger partial charge in [-0.15, -0.1) is 0 Å². The molecule has 0 atom stereocenters. The van der Waals surface area contributed by atoms with Crippen LogP contribution >= 0.6 is 0 Å². The van der Waals surface area contributed by atoms with Crippen LogP contribution in [0.3, 0.4) is 0 Å². The Labute approximate surface area is 174 Å². The van der Waals surface area contributed by atoms with E-state index in [-0.39, 0.29) is 17.9 Å². The number of carbonyl (C=O) groups is 1. The summed E-state index contributed by atoms with van der Waals surface area (Å²) in [6.45, 7) is 3.84. The summed E-state index contributed by atoms with van der Waals surface area (Å²) in [5.74, 6) is 1.27. The third-order valence-corrected chi connectivity index (χ3v) is 5.24. The Morgan fingerprint density at radius 2 is 1.93 bits per heavy atom. The lowest BCUT2D eigenvalue weighted by Crippen LogP contribution is -2.21. The highest BCUT2D eigenvalue weighted by Crippen LogP contribution is 2.19. The summed E-state index contributed by atoms with van der Waals surface area (Å²) in [5, 5.41) is 2.85. The molecule has 0 unspecified atom stereocenters. The van der Waals surface area contributed by atoms with Crippen LogP contribution in [0, 0.1) is 6.92 Å². The molecule has 0 radical (unpaired) electrons. The molecule has 1 saturated heterocycles. The second-order valence-electron chi connectivity index (χ2n) is 7.36. The summed E-state index contributed by atoms with van der Waals surface area (Å²) in [5.41, 5.74) is 2.36. The number of anilines is 2. The van der Waals surface area contributed by atoms with Crippen molar-refractivity contribution >= 4 is 17.4 Å². The maximum Gasteiger partial charge on any atom is 0.254 e. The minimum Gasteiger partial charge on any atom is -0.357 e. The number of aryl methyl sites for hydroxylation is 1. The molecule has 8 nitrogen and oxygen atoms in total. The molecular weight excluding hydrogens is 380 g/mol. The van der Waals surface area contributed by atoms with E-state index in [1.807, 2.05) is 12.1 Å². The van der Waals surface area contributed by atoms with Gasteiger partial charge in [0, 0.05) is 48.7 Å². The molecule has 4 rings (SSSR count). The van der Waals surface area contributed by atoms with Gasteiger partial charge in [0.2, 0.25) is 5.91 Å². The van der Waals surface area contributed by atoms with Crippen LogP contribution in [0.4, 0.5) is 11.5 Å². The van der Waals surface area contributed by atoms with Crippen molar-refractivity contribution in [3.05, 3.63) is 64.5 Å². The number of nitrogens with zero attached hydrogens (tertiary/aromatic N) is 4. The lowest BCUT2D eigenvalue weighted by molar-refractivity contribution is -0.116. The molecule has 2 N–H and O–H groups in total. The zero-order chi connectivity index (χ0) is 20.9. The van der Waals surface area contributed by atoms with Crippen LogP contribution in [-0.2, 0) is 11.2 Å². The molecule has 1 fully saturated rings. The highest BCUT2D eigenvalue weighted by atomic mass is 16.1. The van der Waals surface area contributed by atoms with Crippen molar-refractivity contribution in [1.82, 2.24) is 19.9 Å². The Bertz CT molecular complexity index is 1070. The lowest BCUT2D eigenvalue weighted by Gasteiger charge is -2.16. The fourth-order valence-electron chi connectivity index (χ4n) is 3.61. The van der Waals surface area contributed by atoms with Crippen LogP contribution in [0.2, 0.25) is 0 Å². The quantitative estimate of drug-likeness (QED) is 0.655. The van der Waals surface area contributed by atoms with E-state index < -0.39 is 0 Å². The Balaban J connectivity index is 1.37. The van der Waals surface area contributed by atoms with Crippen LogP contribution in [0.5, 0.6) is 0 Å². The molecule has 0 aliphatic carbocycles. The van der Waals surface area contributed by atoms with Gasteiger partial charge in [-0.3, -0.25) is 14.6 Å². The summed E-state index contributed by atoms with van der Waals surface area (Å²) in [6.07, 6.45) is 7.86. The van der Waals surface area contributed by atoms with E-state index in [1.54, 1.807) is 37.6 Å². The number of amides is 1. The largest absolute Gasteiger partial charge is 0.357 e. The third kappa shape index (κ3) is 4.53. The molecule has 3 aromatic heterocycles. The van der Waals surface area contributed by atoms with Gasteiger partial charge in [0.05, 0.1) is 11.9 Å². The molecule has 154 valence electrons. The Kier molecular flexibility index (Phi) is 5.83. The molecule has 0 spiro atoms. The van der Waals surface area contributed by atoms with Crippen LogP contribution in [0.1, 0.15) is 30.5 Å². The maximum atomic E-state index is 12.5. The number of H-pyrrole nitrogens is 1. The Morgan fingerprint density at radius 1 is 1.17 bits per heavy atom. The van der Waals surface area contributed by atoms with Crippen molar-refractivity contribution in [2.75, 3.05) is 23.3 Å². The van der Waals surface area contributed by atoms with E-state index in [2.05, 4.69) is 30.2 Å². The number of hydrogen-bond acceptors (Lipinski definition) is 6. The zero-order valence-electron chi connectivity index (χ0n) is 16.9. The molecule has 1 aliphatic heterocycles.